The zero-order valence-corrected chi connectivity index (χ0v) is 10.2. The molecule has 0 aliphatic rings. The van der Waals surface area contributed by atoms with Crippen molar-refractivity contribution in [2.75, 3.05) is 18.1 Å². The molecule has 2 aromatic carbocycles. The minimum atomic E-state index is 0.790. The lowest BCUT2D eigenvalue weighted by molar-refractivity contribution is 1.44. The van der Waals surface area contributed by atoms with Gasteiger partial charge in [-0.1, -0.05) is 12.1 Å². The van der Waals surface area contributed by atoms with Gasteiger partial charge in [0, 0.05) is 35.0 Å². The highest BCUT2D eigenvalue weighted by atomic mass is 14.8. The number of hydrogen-bond donors (Lipinski definition) is 3. The lowest BCUT2D eigenvalue weighted by Gasteiger charge is -2.01. The molecule has 4 N–H and O–H groups in total. The first-order valence-corrected chi connectivity index (χ1v) is 5.93. The lowest BCUT2D eigenvalue weighted by Crippen LogP contribution is -1.86. The molecule has 0 aliphatic heterocycles. The van der Waals surface area contributed by atoms with E-state index in [0.29, 0.717) is 0 Å². The maximum Gasteiger partial charge on any atom is 0.0464 e. The second-order valence-corrected chi connectivity index (χ2v) is 4.36. The number of anilines is 2. The minimum absolute atomic E-state index is 0.790. The van der Waals surface area contributed by atoms with Crippen LogP contribution in [0.3, 0.4) is 0 Å². The normalized spacial score (nSPS) is 10.7. The van der Waals surface area contributed by atoms with Gasteiger partial charge in [0.2, 0.25) is 0 Å². The van der Waals surface area contributed by atoms with E-state index < -0.39 is 0 Å². The van der Waals surface area contributed by atoms with Crippen LogP contribution < -0.4 is 11.1 Å². The lowest BCUT2D eigenvalue weighted by atomic mass is 10.1. The first kappa shape index (κ1) is 10.7. The predicted octanol–water partition coefficient (Wildman–Crippen LogP) is 3.46. The van der Waals surface area contributed by atoms with Crippen LogP contribution in [-0.4, -0.2) is 12.0 Å². The van der Waals surface area contributed by atoms with E-state index in [2.05, 4.69) is 40.6 Å². The number of nitrogens with one attached hydrogen (secondary N) is 2. The van der Waals surface area contributed by atoms with E-state index in [1.807, 2.05) is 25.2 Å². The highest BCUT2D eigenvalue weighted by Crippen LogP contribution is 2.26. The third-order valence-corrected chi connectivity index (χ3v) is 3.13. The van der Waals surface area contributed by atoms with Crippen molar-refractivity contribution in [2.45, 2.75) is 0 Å². The molecule has 3 nitrogen and oxygen atoms in total. The zero-order chi connectivity index (χ0) is 12.5. The number of aromatic amines is 1. The van der Waals surface area contributed by atoms with E-state index in [1.165, 1.54) is 5.56 Å². The third kappa shape index (κ3) is 1.80. The van der Waals surface area contributed by atoms with E-state index in [1.54, 1.807) is 0 Å². The smallest absolute Gasteiger partial charge is 0.0464 e. The number of nitrogens with two attached hydrogens (primary N) is 1. The Balaban J connectivity index is 2.07. The maximum atomic E-state index is 5.79. The van der Waals surface area contributed by atoms with Gasteiger partial charge in [-0.2, -0.15) is 0 Å². The number of aromatic nitrogens is 1. The van der Waals surface area contributed by atoms with E-state index in [4.69, 9.17) is 5.73 Å². The molecule has 3 heteroatoms. The van der Waals surface area contributed by atoms with Crippen molar-refractivity contribution < 1.29 is 0 Å². The van der Waals surface area contributed by atoms with Crippen LogP contribution in [0.1, 0.15) is 0 Å². The summed E-state index contributed by atoms with van der Waals surface area (Å²) >= 11 is 0. The van der Waals surface area contributed by atoms with E-state index >= 15 is 0 Å². The van der Waals surface area contributed by atoms with Crippen LogP contribution in [0.15, 0.2) is 48.5 Å². The van der Waals surface area contributed by atoms with Crippen molar-refractivity contribution >= 4 is 22.3 Å². The number of rotatable bonds is 2. The first-order chi connectivity index (χ1) is 8.76. The predicted molar refractivity (Wildman–Crippen MR) is 77.7 cm³/mol. The van der Waals surface area contributed by atoms with Gasteiger partial charge in [0.1, 0.15) is 0 Å². The number of H-pyrrole nitrogens is 1. The van der Waals surface area contributed by atoms with Gasteiger partial charge < -0.3 is 16.0 Å². The average Bonchev–Trinajstić information content (AvgIpc) is 2.81. The highest BCUT2D eigenvalue weighted by molar-refractivity contribution is 5.88. The van der Waals surface area contributed by atoms with Crippen LogP contribution in [0.4, 0.5) is 11.4 Å². The van der Waals surface area contributed by atoms with Crippen LogP contribution in [0, 0.1) is 0 Å². The van der Waals surface area contributed by atoms with Gasteiger partial charge in [-0.15, -0.1) is 0 Å². The molecule has 1 aromatic heterocycles. The molecule has 0 unspecified atom stereocenters. The van der Waals surface area contributed by atoms with Crippen LogP contribution in [-0.2, 0) is 0 Å². The molecular formula is C15H15N3. The summed E-state index contributed by atoms with van der Waals surface area (Å²) in [7, 11) is 1.92. The van der Waals surface area contributed by atoms with E-state index in [0.717, 1.165) is 28.0 Å². The summed E-state index contributed by atoms with van der Waals surface area (Å²) in [4.78, 5) is 3.40. The van der Waals surface area contributed by atoms with Crippen LogP contribution in [0.5, 0.6) is 0 Å². The van der Waals surface area contributed by atoms with Crippen molar-refractivity contribution in [1.29, 1.82) is 0 Å². The Morgan fingerprint density at radius 3 is 2.50 bits per heavy atom. The average molecular weight is 237 g/mol. The van der Waals surface area contributed by atoms with Crippen LogP contribution in [0.2, 0.25) is 0 Å². The van der Waals surface area contributed by atoms with Gasteiger partial charge in [0.15, 0.2) is 0 Å². The van der Waals surface area contributed by atoms with Gasteiger partial charge in [0.05, 0.1) is 0 Å². The molecule has 90 valence electrons. The van der Waals surface area contributed by atoms with Crippen molar-refractivity contribution in [3.63, 3.8) is 0 Å². The third-order valence-electron chi connectivity index (χ3n) is 3.13. The molecule has 3 aromatic rings. The van der Waals surface area contributed by atoms with Crippen LogP contribution >= 0.6 is 0 Å². The fraction of sp³-hybridized carbons (Fsp3) is 0.0667. The van der Waals surface area contributed by atoms with Gasteiger partial charge in [-0.3, -0.25) is 0 Å². The molecule has 0 atom stereocenters. The van der Waals surface area contributed by atoms with Crippen molar-refractivity contribution in [3.05, 3.63) is 48.5 Å². The standard InChI is InChI=1S/C15H15N3/c1-17-13-5-2-10(3-6-13)15-9-11-8-12(16)4-7-14(11)18-15/h2-9,17-18H,16H2,1H3. The summed E-state index contributed by atoms with van der Waals surface area (Å²) in [6.07, 6.45) is 0. The molecule has 0 amide bonds. The molecule has 1 heterocycles. The second kappa shape index (κ2) is 4.11. The minimum Gasteiger partial charge on any atom is -0.399 e. The summed E-state index contributed by atoms with van der Waals surface area (Å²) < 4.78 is 0. The Bertz CT molecular complexity index is 681. The Hall–Kier alpha value is -2.42. The molecule has 0 spiro atoms. The molecule has 3 rings (SSSR count). The van der Waals surface area contributed by atoms with E-state index in [9.17, 15) is 0 Å². The second-order valence-electron chi connectivity index (χ2n) is 4.36. The zero-order valence-electron chi connectivity index (χ0n) is 10.2. The highest BCUT2D eigenvalue weighted by Gasteiger charge is 2.03. The molecule has 0 fully saturated rings. The molecule has 0 aliphatic carbocycles. The van der Waals surface area contributed by atoms with Gasteiger partial charge in [0.25, 0.3) is 0 Å². The molecule has 18 heavy (non-hydrogen) atoms. The monoisotopic (exact) mass is 237 g/mol. The molecular weight excluding hydrogens is 222 g/mol. The summed E-state index contributed by atoms with van der Waals surface area (Å²) in [5.41, 5.74) is 11.1. The number of hydrogen-bond acceptors (Lipinski definition) is 2. The number of fused-ring (bicyclic) bond motifs is 1. The summed E-state index contributed by atoms with van der Waals surface area (Å²) in [6.45, 7) is 0. The summed E-state index contributed by atoms with van der Waals surface area (Å²) in [6, 6.07) is 16.4. The quantitative estimate of drug-likeness (QED) is 0.598. The van der Waals surface area contributed by atoms with E-state index in [-0.39, 0.29) is 0 Å². The number of benzene rings is 2. The topological polar surface area (TPSA) is 53.8 Å². The Labute approximate surface area is 106 Å². The fourth-order valence-corrected chi connectivity index (χ4v) is 2.12. The summed E-state index contributed by atoms with van der Waals surface area (Å²) in [5, 5.41) is 4.25. The number of nitrogen functional groups attached to an aromatic ring is 1. The Morgan fingerprint density at radius 2 is 1.78 bits per heavy atom. The first-order valence-electron chi connectivity index (χ1n) is 5.93. The Morgan fingerprint density at radius 1 is 1.00 bits per heavy atom. The Kier molecular flexibility index (Phi) is 2.45. The van der Waals surface area contributed by atoms with Crippen molar-refractivity contribution in [1.82, 2.24) is 4.98 Å². The molecule has 0 radical (unpaired) electrons. The van der Waals surface area contributed by atoms with Crippen molar-refractivity contribution in [2.24, 2.45) is 0 Å². The molecule has 0 saturated heterocycles. The van der Waals surface area contributed by atoms with Crippen molar-refractivity contribution in [3.8, 4) is 11.3 Å². The van der Waals surface area contributed by atoms with Crippen LogP contribution in [0.25, 0.3) is 22.2 Å². The molecule has 0 saturated carbocycles. The molecule has 0 bridgehead atoms. The fourth-order valence-electron chi connectivity index (χ4n) is 2.12. The largest absolute Gasteiger partial charge is 0.399 e. The van der Waals surface area contributed by atoms with Gasteiger partial charge in [-0.25, -0.2) is 0 Å². The SMILES string of the molecule is CNc1ccc(-c2cc3cc(N)ccc3[nH]2)cc1. The van der Waals surface area contributed by atoms with Gasteiger partial charge in [-0.05, 0) is 42.0 Å². The summed E-state index contributed by atoms with van der Waals surface area (Å²) in [5.74, 6) is 0. The maximum absolute atomic E-state index is 5.79. The van der Waals surface area contributed by atoms with Gasteiger partial charge >= 0.3 is 0 Å².